The molecule has 5 rings (SSSR count). The quantitative estimate of drug-likeness (QED) is 0.172. The zero-order valence-electron chi connectivity index (χ0n) is 22.4. The standard InChI is InChI=1S/C32H31N5OS2/c1-2-3-16-36(22-28-19-34-23-37(28)21-25-8-6-24(18-33)7-9-25)27-12-10-26(11-13-27)30-14-15-31(40-30)32(38)35-20-29-5-4-17-39-29/h4-15,17,19,23H,2-3,16,20-22H2,1H3,(H,35,38). The predicted octanol–water partition coefficient (Wildman–Crippen LogP) is 7.33. The zero-order valence-corrected chi connectivity index (χ0v) is 24.0. The van der Waals surface area contributed by atoms with E-state index in [4.69, 9.17) is 5.26 Å². The highest BCUT2D eigenvalue weighted by Gasteiger charge is 2.14. The van der Waals surface area contributed by atoms with E-state index in [1.165, 1.54) is 11.3 Å². The van der Waals surface area contributed by atoms with Crippen LogP contribution in [0.25, 0.3) is 10.4 Å². The van der Waals surface area contributed by atoms with Crippen LogP contribution in [-0.2, 0) is 19.6 Å². The number of nitriles is 1. The van der Waals surface area contributed by atoms with E-state index in [2.05, 4.69) is 57.0 Å². The predicted molar refractivity (Wildman–Crippen MR) is 164 cm³/mol. The number of nitrogens with zero attached hydrogens (tertiary/aromatic N) is 4. The van der Waals surface area contributed by atoms with Crippen molar-refractivity contribution in [3.63, 3.8) is 0 Å². The lowest BCUT2D eigenvalue weighted by molar-refractivity contribution is 0.0955. The maximum atomic E-state index is 12.6. The molecular formula is C32H31N5OS2. The number of unbranched alkanes of at least 4 members (excludes halogenated alkanes) is 1. The van der Waals surface area contributed by atoms with Crippen LogP contribution in [0.1, 0.15) is 51.1 Å². The molecule has 0 bridgehead atoms. The second-order valence-electron chi connectivity index (χ2n) is 9.57. The Morgan fingerprint density at radius 1 is 1.07 bits per heavy atom. The maximum Gasteiger partial charge on any atom is 0.261 e. The number of carbonyl (C=O) groups excluding carboxylic acids is 1. The van der Waals surface area contributed by atoms with Gasteiger partial charge in [-0.2, -0.15) is 5.26 Å². The molecule has 1 amide bonds. The molecule has 0 aliphatic heterocycles. The molecule has 202 valence electrons. The lowest BCUT2D eigenvalue weighted by Crippen LogP contribution is -2.25. The Labute approximate surface area is 243 Å². The summed E-state index contributed by atoms with van der Waals surface area (Å²) in [6, 6.07) is 26.5. The van der Waals surface area contributed by atoms with Crippen LogP contribution in [0, 0.1) is 11.3 Å². The summed E-state index contributed by atoms with van der Waals surface area (Å²) in [5.41, 5.74) is 5.21. The third-order valence-corrected chi connectivity index (χ3v) is 8.73. The van der Waals surface area contributed by atoms with Gasteiger partial charge in [-0.15, -0.1) is 22.7 Å². The summed E-state index contributed by atoms with van der Waals surface area (Å²) in [4.78, 5) is 22.4. The molecule has 0 radical (unpaired) electrons. The molecule has 0 fully saturated rings. The number of imidazole rings is 1. The summed E-state index contributed by atoms with van der Waals surface area (Å²) in [6.45, 7) is 5.18. The molecule has 6 nitrogen and oxygen atoms in total. The number of anilines is 1. The van der Waals surface area contributed by atoms with Gasteiger partial charge in [0, 0.05) is 34.7 Å². The van der Waals surface area contributed by atoms with Crippen molar-refractivity contribution in [1.29, 1.82) is 5.26 Å². The van der Waals surface area contributed by atoms with Crippen molar-refractivity contribution in [1.82, 2.24) is 14.9 Å². The monoisotopic (exact) mass is 565 g/mol. The molecule has 2 aromatic carbocycles. The highest BCUT2D eigenvalue weighted by atomic mass is 32.1. The summed E-state index contributed by atoms with van der Waals surface area (Å²) in [6.07, 6.45) is 6.03. The van der Waals surface area contributed by atoms with Gasteiger partial charge in [-0.05, 0) is 65.4 Å². The van der Waals surface area contributed by atoms with Crippen molar-refractivity contribution >= 4 is 34.3 Å². The number of thiophene rings is 2. The molecule has 40 heavy (non-hydrogen) atoms. The van der Waals surface area contributed by atoms with Gasteiger partial charge < -0.3 is 14.8 Å². The number of rotatable bonds is 12. The van der Waals surface area contributed by atoms with Gasteiger partial charge in [-0.3, -0.25) is 4.79 Å². The number of nitrogens with one attached hydrogen (secondary N) is 1. The van der Waals surface area contributed by atoms with Gasteiger partial charge in [0.2, 0.25) is 0 Å². The van der Waals surface area contributed by atoms with Crippen LogP contribution in [0.2, 0.25) is 0 Å². The average Bonchev–Trinajstić information content (AvgIpc) is 3.78. The van der Waals surface area contributed by atoms with E-state index in [1.54, 1.807) is 11.3 Å². The molecule has 0 saturated heterocycles. The molecule has 8 heteroatoms. The van der Waals surface area contributed by atoms with Crippen LogP contribution in [-0.4, -0.2) is 22.0 Å². The highest BCUT2D eigenvalue weighted by molar-refractivity contribution is 7.17. The molecule has 1 N–H and O–H groups in total. The third kappa shape index (κ3) is 6.87. The minimum Gasteiger partial charge on any atom is -0.366 e. The van der Waals surface area contributed by atoms with E-state index in [1.807, 2.05) is 66.4 Å². The van der Waals surface area contributed by atoms with Crippen LogP contribution in [0.5, 0.6) is 0 Å². The number of carbonyl (C=O) groups is 1. The van der Waals surface area contributed by atoms with Crippen molar-refractivity contribution in [2.75, 3.05) is 11.4 Å². The second kappa shape index (κ2) is 13.2. The minimum absolute atomic E-state index is 0.0374. The Morgan fingerprint density at radius 3 is 2.62 bits per heavy atom. The largest absolute Gasteiger partial charge is 0.366 e. The molecule has 0 spiro atoms. The summed E-state index contributed by atoms with van der Waals surface area (Å²) in [7, 11) is 0. The Bertz CT molecular complexity index is 1560. The zero-order chi connectivity index (χ0) is 27.7. The molecule has 3 heterocycles. The van der Waals surface area contributed by atoms with E-state index < -0.39 is 0 Å². The summed E-state index contributed by atoms with van der Waals surface area (Å²) < 4.78 is 2.17. The molecule has 5 aromatic rings. The number of benzene rings is 2. The fourth-order valence-electron chi connectivity index (χ4n) is 4.47. The normalized spacial score (nSPS) is 10.8. The summed E-state index contributed by atoms with van der Waals surface area (Å²) in [5.74, 6) is -0.0374. The van der Waals surface area contributed by atoms with Crippen molar-refractivity contribution in [2.24, 2.45) is 0 Å². The first kappa shape index (κ1) is 27.4. The number of hydrogen-bond donors (Lipinski definition) is 1. The van der Waals surface area contributed by atoms with Gasteiger partial charge in [0.1, 0.15) is 0 Å². The van der Waals surface area contributed by atoms with Crippen LogP contribution in [0.4, 0.5) is 5.69 Å². The average molecular weight is 566 g/mol. The van der Waals surface area contributed by atoms with Crippen molar-refractivity contribution in [3.05, 3.63) is 117 Å². The van der Waals surface area contributed by atoms with E-state index in [0.29, 0.717) is 18.7 Å². The molecule has 3 aromatic heterocycles. The van der Waals surface area contributed by atoms with E-state index in [0.717, 1.165) is 63.1 Å². The molecular weight excluding hydrogens is 535 g/mol. The van der Waals surface area contributed by atoms with Gasteiger partial charge in [0.25, 0.3) is 5.91 Å². The Kier molecular flexibility index (Phi) is 9.07. The van der Waals surface area contributed by atoms with E-state index >= 15 is 0 Å². The Morgan fingerprint density at radius 2 is 1.90 bits per heavy atom. The molecule has 0 aliphatic carbocycles. The third-order valence-electron chi connectivity index (χ3n) is 6.72. The van der Waals surface area contributed by atoms with Crippen LogP contribution in [0.3, 0.4) is 0 Å². The first-order valence-corrected chi connectivity index (χ1v) is 15.1. The lowest BCUT2D eigenvalue weighted by Gasteiger charge is -2.25. The van der Waals surface area contributed by atoms with Crippen molar-refractivity contribution in [3.8, 4) is 16.5 Å². The lowest BCUT2D eigenvalue weighted by atomic mass is 10.1. The van der Waals surface area contributed by atoms with E-state index in [-0.39, 0.29) is 5.91 Å². The number of hydrogen-bond acceptors (Lipinski definition) is 6. The summed E-state index contributed by atoms with van der Waals surface area (Å²) in [5, 5.41) is 14.1. The van der Waals surface area contributed by atoms with E-state index in [9.17, 15) is 4.79 Å². The molecule has 0 saturated carbocycles. The maximum absolute atomic E-state index is 12.6. The Hall–Kier alpha value is -4.19. The molecule has 0 atom stereocenters. The van der Waals surface area contributed by atoms with Gasteiger partial charge in [0.05, 0.1) is 41.6 Å². The van der Waals surface area contributed by atoms with Crippen LogP contribution in [0.15, 0.2) is 90.7 Å². The smallest absolute Gasteiger partial charge is 0.261 e. The first-order valence-electron chi connectivity index (χ1n) is 13.4. The van der Waals surface area contributed by atoms with Gasteiger partial charge in [0.15, 0.2) is 0 Å². The van der Waals surface area contributed by atoms with Crippen molar-refractivity contribution < 1.29 is 4.79 Å². The number of aromatic nitrogens is 2. The molecule has 0 unspecified atom stereocenters. The minimum atomic E-state index is -0.0374. The first-order chi connectivity index (χ1) is 19.6. The highest BCUT2D eigenvalue weighted by Crippen LogP contribution is 2.30. The van der Waals surface area contributed by atoms with Crippen LogP contribution >= 0.6 is 22.7 Å². The fourth-order valence-corrected chi connectivity index (χ4v) is 6.04. The van der Waals surface area contributed by atoms with Gasteiger partial charge >= 0.3 is 0 Å². The Balaban J connectivity index is 1.26. The number of amides is 1. The van der Waals surface area contributed by atoms with Crippen molar-refractivity contribution in [2.45, 2.75) is 39.4 Å². The fraction of sp³-hybridized carbons (Fsp3) is 0.219. The summed E-state index contributed by atoms with van der Waals surface area (Å²) >= 11 is 3.16. The topological polar surface area (TPSA) is 74.0 Å². The second-order valence-corrected chi connectivity index (χ2v) is 11.7. The van der Waals surface area contributed by atoms with Gasteiger partial charge in [-0.25, -0.2) is 4.98 Å². The van der Waals surface area contributed by atoms with Crippen LogP contribution < -0.4 is 10.2 Å². The molecule has 0 aliphatic rings. The van der Waals surface area contributed by atoms with Gasteiger partial charge in [-0.1, -0.05) is 43.7 Å². The SMILES string of the molecule is CCCCN(Cc1cncn1Cc1ccc(C#N)cc1)c1ccc(-c2ccc(C(=O)NCc3cccs3)s2)cc1.